The van der Waals surface area contributed by atoms with Gasteiger partial charge >= 0.3 is 5.97 Å². The number of aromatic nitrogens is 3. The largest absolute Gasteiger partial charge is 0.476 e. The van der Waals surface area contributed by atoms with Gasteiger partial charge in [0.15, 0.2) is 5.69 Å². The van der Waals surface area contributed by atoms with Crippen LogP contribution >= 0.6 is 0 Å². The molecule has 0 spiro atoms. The van der Waals surface area contributed by atoms with Crippen molar-refractivity contribution in [1.29, 1.82) is 0 Å². The molecule has 1 aliphatic rings. The molecule has 0 saturated carbocycles. The number of hydrogen-bond acceptors (Lipinski definition) is 3. The van der Waals surface area contributed by atoms with Crippen LogP contribution in [0, 0.1) is 0 Å². The van der Waals surface area contributed by atoms with Gasteiger partial charge in [0.25, 0.3) is 0 Å². The van der Waals surface area contributed by atoms with Gasteiger partial charge in [0.2, 0.25) is 0 Å². The van der Waals surface area contributed by atoms with Crippen molar-refractivity contribution >= 4 is 16.9 Å². The number of aromatic carboxylic acids is 1. The molecule has 0 radical (unpaired) electrons. The Hall–Kier alpha value is -2.60. The molecular formula is C21H26N4O2. The number of rotatable bonds is 6. The lowest BCUT2D eigenvalue weighted by atomic mass is 9.90. The summed E-state index contributed by atoms with van der Waals surface area (Å²) in [5.41, 5.74) is 3.53. The van der Waals surface area contributed by atoms with E-state index in [9.17, 15) is 9.90 Å². The molecule has 1 aliphatic carbocycles. The summed E-state index contributed by atoms with van der Waals surface area (Å²) in [7, 11) is 2.14. The van der Waals surface area contributed by atoms with Crippen LogP contribution in [0.3, 0.4) is 0 Å². The van der Waals surface area contributed by atoms with Crippen molar-refractivity contribution < 1.29 is 9.90 Å². The van der Waals surface area contributed by atoms with Crippen LogP contribution in [0.2, 0.25) is 0 Å². The quantitative estimate of drug-likeness (QED) is 0.728. The fourth-order valence-electron chi connectivity index (χ4n) is 4.26. The molecule has 6 heteroatoms. The van der Waals surface area contributed by atoms with Crippen molar-refractivity contribution in [1.82, 2.24) is 19.2 Å². The minimum absolute atomic E-state index is 0.237. The molecule has 0 fully saturated rings. The molecule has 4 rings (SSSR count). The summed E-state index contributed by atoms with van der Waals surface area (Å²) in [6, 6.07) is 10.9. The predicted octanol–water partition coefficient (Wildman–Crippen LogP) is 3.05. The lowest BCUT2D eigenvalue weighted by Gasteiger charge is -2.31. The maximum Gasteiger partial charge on any atom is 0.356 e. The summed E-state index contributed by atoms with van der Waals surface area (Å²) in [6.45, 7) is 4.59. The second-order valence-corrected chi connectivity index (χ2v) is 7.34. The molecule has 0 unspecified atom stereocenters. The molecule has 27 heavy (non-hydrogen) atoms. The third kappa shape index (κ3) is 3.25. The minimum Gasteiger partial charge on any atom is -0.476 e. The molecular weight excluding hydrogens is 340 g/mol. The molecule has 0 aliphatic heterocycles. The SMILES string of the molecule is CCn1nc(C(=O)O)c2c1CC[C@@H](N(C)CCn1ccc3ccccc31)C2. The fourth-order valence-corrected chi connectivity index (χ4v) is 4.26. The smallest absolute Gasteiger partial charge is 0.356 e. The first kappa shape index (κ1) is 17.8. The zero-order valence-corrected chi connectivity index (χ0v) is 15.9. The normalized spacial score (nSPS) is 16.8. The summed E-state index contributed by atoms with van der Waals surface area (Å²) < 4.78 is 4.15. The molecule has 1 atom stereocenters. The standard InChI is InChI=1S/C21H26N4O2/c1-3-25-19-9-8-16(14-17(19)20(22-25)21(26)27)23(2)12-13-24-11-10-15-6-4-5-7-18(15)24/h4-7,10-11,16H,3,8-9,12-14H2,1-2H3,(H,26,27)/t16-/m1/s1. The van der Waals surface area contributed by atoms with Crippen molar-refractivity contribution in [2.75, 3.05) is 13.6 Å². The highest BCUT2D eigenvalue weighted by Crippen LogP contribution is 2.27. The second-order valence-electron chi connectivity index (χ2n) is 7.34. The maximum atomic E-state index is 11.6. The molecule has 0 saturated heterocycles. The molecule has 142 valence electrons. The average molecular weight is 366 g/mol. The number of hydrogen-bond donors (Lipinski definition) is 1. The Balaban J connectivity index is 1.47. The number of nitrogens with zero attached hydrogens (tertiary/aromatic N) is 4. The van der Waals surface area contributed by atoms with Crippen molar-refractivity contribution in [3.8, 4) is 0 Å². The Morgan fingerprint density at radius 2 is 2.15 bits per heavy atom. The first-order chi connectivity index (χ1) is 13.1. The first-order valence-corrected chi connectivity index (χ1v) is 9.64. The Morgan fingerprint density at radius 3 is 2.93 bits per heavy atom. The van der Waals surface area contributed by atoms with Crippen molar-refractivity contribution in [3.05, 3.63) is 53.5 Å². The third-order valence-corrected chi connectivity index (χ3v) is 5.82. The predicted molar refractivity (Wildman–Crippen MR) is 105 cm³/mol. The van der Waals surface area contributed by atoms with E-state index < -0.39 is 5.97 Å². The van der Waals surface area contributed by atoms with E-state index in [2.05, 4.69) is 58.1 Å². The van der Waals surface area contributed by atoms with Gasteiger partial charge in [0.1, 0.15) is 0 Å². The van der Waals surface area contributed by atoms with Gasteiger partial charge in [-0.15, -0.1) is 0 Å². The zero-order chi connectivity index (χ0) is 19.0. The van der Waals surface area contributed by atoms with Crippen LogP contribution in [0.4, 0.5) is 0 Å². The molecule has 6 nitrogen and oxygen atoms in total. The molecule has 1 aromatic carbocycles. The van der Waals surface area contributed by atoms with Gasteiger partial charge in [0.05, 0.1) is 0 Å². The van der Waals surface area contributed by atoms with Crippen LogP contribution in [0.5, 0.6) is 0 Å². The summed E-state index contributed by atoms with van der Waals surface area (Å²) in [5.74, 6) is -0.916. The van der Waals surface area contributed by atoms with Gasteiger partial charge < -0.3 is 14.6 Å². The van der Waals surface area contributed by atoms with E-state index in [1.807, 2.05) is 11.6 Å². The second kappa shape index (κ2) is 7.19. The first-order valence-electron chi connectivity index (χ1n) is 9.64. The fraction of sp³-hybridized carbons (Fsp3) is 0.429. The summed E-state index contributed by atoms with van der Waals surface area (Å²) in [6.07, 6.45) is 4.84. The number of benzene rings is 1. The Bertz CT molecular complexity index is 972. The number of aryl methyl sites for hydroxylation is 1. The zero-order valence-electron chi connectivity index (χ0n) is 15.9. The Morgan fingerprint density at radius 1 is 1.33 bits per heavy atom. The van der Waals surface area contributed by atoms with E-state index in [1.54, 1.807) is 0 Å². The van der Waals surface area contributed by atoms with E-state index in [0.717, 1.165) is 50.2 Å². The summed E-state index contributed by atoms with van der Waals surface area (Å²) >= 11 is 0. The number of carboxylic acid groups (broad SMARTS) is 1. The van der Waals surface area contributed by atoms with Gasteiger partial charge in [-0.2, -0.15) is 5.10 Å². The number of fused-ring (bicyclic) bond motifs is 2. The number of carboxylic acids is 1. The van der Waals surface area contributed by atoms with Gasteiger partial charge in [-0.05, 0) is 50.8 Å². The van der Waals surface area contributed by atoms with Crippen LogP contribution in [-0.4, -0.2) is 50.0 Å². The molecule has 2 heterocycles. The number of carbonyl (C=O) groups is 1. The molecule has 0 bridgehead atoms. The van der Waals surface area contributed by atoms with Crippen molar-refractivity contribution in [2.45, 2.75) is 45.3 Å². The van der Waals surface area contributed by atoms with E-state index in [1.165, 1.54) is 10.9 Å². The van der Waals surface area contributed by atoms with E-state index in [4.69, 9.17) is 0 Å². The Kier molecular flexibility index (Phi) is 4.74. The number of likely N-dealkylation sites (N-methyl/N-ethyl adjacent to an activating group) is 1. The highest BCUT2D eigenvalue weighted by molar-refractivity contribution is 5.87. The monoisotopic (exact) mass is 366 g/mol. The summed E-state index contributed by atoms with van der Waals surface area (Å²) in [5, 5.41) is 15.1. The highest BCUT2D eigenvalue weighted by Gasteiger charge is 2.30. The minimum atomic E-state index is -0.916. The van der Waals surface area contributed by atoms with Gasteiger partial charge in [-0.25, -0.2) is 4.79 Å². The molecule has 3 aromatic rings. The van der Waals surface area contributed by atoms with Crippen molar-refractivity contribution in [3.63, 3.8) is 0 Å². The van der Waals surface area contributed by atoms with Crippen LogP contribution in [0.15, 0.2) is 36.5 Å². The third-order valence-electron chi connectivity index (χ3n) is 5.82. The maximum absolute atomic E-state index is 11.6. The van der Waals surface area contributed by atoms with E-state index >= 15 is 0 Å². The van der Waals surface area contributed by atoms with Crippen LogP contribution in [0.25, 0.3) is 10.9 Å². The van der Waals surface area contributed by atoms with E-state index in [-0.39, 0.29) is 5.69 Å². The van der Waals surface area contributed by atoms with Gasteiger partial charge in [-0.3, -0.25) is 4.68 Å². The molecule has 2 aromatic heterocycles. The Labute approximate surface area is 159 Å². The lowest BCUT2D eigenvalue weighted by molar-refractivity contribution is 0.0687. The van der Waals surface area contributed by atoms with E-state index in [0.29, 0.717) is 6.04 Å². The van der Waals surface area contributed by atoms with Crippen LogP contribution in [0.1, 0.15) is 35.1 Å². The van der Waals surface area contributed by atoms with Gasteiger partial charge in [0, 0.05) is 48.6 Å². The topological polar surface area (TPSA) is 63.3 Å². The van der Waals surface area contributed by atoms with Crippen molar-refractivity contribution in [2.24, 2.45) is 0 Å². The lowest BCUT2D eigenvalue weighted by Crippen LogP contribution is -2.38. The number of para-hydroxylation sites is 1. The molecule has 1 N–H and O–H groups in total. The van der Waals surface area contributed by atoms with Crippen LogP contribution < -0.4 is 0 Å². The van der Waals surface area contributed by atoms with Crippen LogP contribution in [-0.2, 0) is 25.9 Å². The van der Waals surface area contributed by atoms with Gasteiger partial charge in [-0.1, -0.05) is 18.2 Å². The highest BCUT2D eigenvalue weighted by atomic mass is 16.4. The summed E-state index contributed by atoms with van der Waals surface area (Å²) in [4.78, 5) is 14.0. The molecule has 0 amide bonds. The average Bonchev–Trinajstić information content (AvgIpc) is 3.27.